The van der Waals surface area contributed by atoms with E-state index in [1.807, 2.05) is 0 Å². The number of carbonyl (C=O) groups is 2. The van der Waals surface area contributed by atoms with Gasteiger partial charge < -0.3 is 9.47 Å². The van der Waals surface area contributed by atoms with Crippen LogP contribution in [-0.2, 0) is 9.47 Å². The lowest BCUT2D eigenvalue weighted by atomic mass is 10.2. The van der Waals surface area contributed by atoms with E-state index in [4.69, 9.17) is 9.47 Å². The van der Waals surface area contributed by atoms with Gasteiger partial charge in [-0.1, -0.05) is 58.4 Å². The molecule has 0 aliphatic carbocycles. The van der Waals surface area contributed by atoms with Crippen LogP contribution in [0.2, 0.25) is 0 Å². The predicted octanol–water partition coefficient (Wildman–Crippen LogP) is 4.56. The summed E-state index contributed by atoms with van der Waals surface area (Å²) in [6, 6.07) is 4.71. The van der Waals surface area contributed by atoms with Crippen LogP contribution in [-0.4, -0.2) is 30.1 Å². The van der Waals surface area contributed by atoms with E-state index in [2.05, 4.69) is 18.8 Å². The summed E-state index contributed by atoms with van der Waals surface area (Å²) in [4.78, 5) is 27.9. The van der Waals surface area contributed by atoms with Crippen molar-refractivity contribution < 1.29 is 19.1 Å². The van der Waals surface area contributed by atoms with Gasteiger partial charge >= 0.3 is 11.9 Å². The lowest BCUT2D eigenvalue weighted by molar-refractivity contribution is 0.0482. The molecule has 134 valence electrons. The lowest BCUT2D eigenvalue weighted by Gasteiger charge is -2.06. The molecule has 0 amide bonds. The maximum atomic E-state index is 12.0. The van der Waals surface area contributed by atoms with Crippen molar-refractivity contribution in [2.24, 2.45) is 0 Å². The van der Waals surface area contributed by atoms with Crippen molar-refractivity contribution in [1.29, 1.82) is 0 Å². The Kier molecular flexibility index (Phi) is 10.5. The van der Waals surface area contributed by atoms with E-state index < -0.39 is 11.9 Å². The average molecular weight is 335 g/mol. The highest BCUT2D eigenvalue weighted by Crippen LogP contribution is 2.06. The van der Waals surface area contributed by atoms with Gasteiger partial charge in [-0.05, 0) is 25.0 Å². The highest BCUT2D eigenvalue weighted by molar-refractivity contribution is 5.91. The second kappa shape index (κ2) is 12.5. The molecule has 5 heteroatoms. The van der Waals surface area contributed by atoms with Crippen LogP contribution in [0.15, 0.2) is 18.2 Å². The molecule has 0 saturated heterocycles. The molecule has 0 saturated carbocycles. The number of unbranched alkanes of at least 4 members (excludes halogenated alkanes) is 6. The molecule has 0 radical (unpaired) electrons. The Labute approximate surface area is 144 Å². The van der Waals surface area contributed by atoms with E-state index in [0.717, 1.165) is 38.5 Å². The van der Waals surface area contributed by atoms with Crippen LogP contribution >= 0.6 is 0 Å². The SMILES string of the molecule is CCCCCCCOC(=O)c1cccc(C(=O)OCCCCC)n1. The van der Waals surface area contributed by atoms with Crippen LogP contribution in [0.3, 0.4) is 0 Å². The van der Waals surface area contributed by atoms with Crippen molar-refractivity contribution in [2.45, 2.75) is 65.2 Å². The number of ether oxygens (including phenoxy) is 2. The normalized spacial score (nSPS) is 10.4. The number of carbonyl (C=O) groups excluding carboxylic acids is 2. The van der Waals surface area contributed by atoms with Gasteiger partial charge in [-0.3, -0.25) is 0 Å². The van der Waals surface area contributed by atoms with Crippen LogP contribution in [0, 0.1) is 0 Å². The fourth-order valence-corrected chi connectivity index (χ4v) is 2.20. The van der Waals surface area contributed by atoms with E-state index in [1.165, 1.54) is 12.8 Å². The maximum absolute atomic E-state index is 12.0. The van der Waals surface area contributed by atoms with Gasteiger partial charge in [0.1, 0.15) is 11.4 Å². The van der Waals surface area contributed by atoms with Gasteiger partial charge in [0.2, 0.25) is 0 Å². The molecule has 24 heavy (non-hydrogen) atoms. The van der Waals surface area contributed by atoms with Gasteiger partial charge in [0.15, 0.2) is 0 Å². The van der Waals surface area contributed by atoms with E-state index >= 15 is 0 Å². The van der Waals surface area contributed by atoms with E-state index in [0.29, 0.717) is 13.2 Å². The van der Waals surface area contributed by atoms with Crippen molar-refractivity contribution in [3.05, 3.63) is 29.6 Å². The van der Waals surface area contributed by atoms with Crippen molar-refractivity contribution in [1.82, 2.24) is 4.98 Å². The molecule has 1 heterocycles. The first-order valence-corrected chi connectivity index (χ1v) is 9.00. The molecular formula is C19H29NO4. The van der Waals surface area contributed by atoms with Crippen LogP contribution in [0.1, 0.15) is 86.2 Å². The molecule has 0 aliphatic heterocycles. The molecule has 1 rings (SSSR count). The Morgan fingerprint density at radius 2 is 1.25 bits per heavy atom. The molecule has 0 fully saturated rings. The van der Waals surface area contributed by atoms with E-state index in [-0.39, 0.29) is 11.4 Å². The fourth-order valence-electron chi connectivity index (χ4n) is 2.20. The van der Waals surface area contributed by atoms with E-state index in [1.54, 1.807) is 18.2 Å². The Balaban J connectivity index is 2.40. The third-order valence-electron chi connectivity index (χ3n) is 3.63. The molecule has 0 spiro atoms. The summed E-state index contributed by atoms with van der Waals surface area (Å²) in [6.45, 7) is 5.01. The third kappa shape index (κ3) is 8.09. The van der Waals surface area contributed by atoms with Crippen LogP contribution in [0.5, 0.6) is 0 Å². The number of esters is 2. The van der Waals surface area contributed by atoms with Crippen molar-refractivity contribution >= 4 is 11.9 Å². The number of nitrogens with zero attached hydrogens (tertiary/aromatic N) is 1. The largest absolute Gasteiger partial charge is 0.461 e. The van der Waals surface area contributed by atoms with Gasteiger partial charge in [0, 0.05) is 0 Å². The molecule has 0 aliphatic rings. The standard InChI is InChI=1S/C19H29NO4/c1-3-5-7-8-10-15-24-19(22)17-13-11-12-16(20-17)18(21)23-14-9-6-4-2/h11-13H,3-10,14-15H2,1-2H3. The molecule has 5 nitrogen and oxygen atoms in total. The summed E-state index contributed by atoms with van der Waals surface area (Å²) in [7, 11) is 0. The number of rotatable bonds is 12. The third-order valence-corrected chi connectivity index (χ3v) is 3.63. The number of aromatic nitrogens is 1. The molecular weight excluding hydrogens is 306 g/mol. The summed E-state index contributed by atoms with van der Waals surface area (Å²) >= 11 is 0. The summed E-state index contributed by atoms with van der Waals surface area (Å²) in [5, 5.41) is 0. The topological polar surface area (TPSA) is 65.5 Å². The van der Waals surface area contributed by atoms with Crippen LogP contribution < -0.4 is 0 Å². The zero-order valence-electron chi connectivity index (χ0n) is 14.9. The Morgan fingerprint density at radius 3 is 1.79 bits per heavy atom. The molecule has 0 atom stereocenters. The van der Waals surface area contributed by atoms with Gasteiger partial charge in [-0.15, -0.1) is 0 Å². The minimum Gasteiger partial charge on any atom is -0.461 e. The minimum atomic E-state index is -0.500. The van der Waals surface area contributed by atoms with Crippen LogP contribution in [0.4, 0.5) is 0 Å². The quantitative estimate of drug-likeness (QED) is 0.414. The first-order chi connectivity index (χ1) is 11.7. The Bertz CT molecular complexity index is 502. The highest BCUT2D eigenvalue weighted by atomic mass is 16.5. The van der Waals surface area contributed by atoms with Crippen molar-refractivity contribution in [3.8, 4) is 0 Å². The average Bonchev–Trinajstić information content (AvgIpc) is 2.61. The second-order valence-electron chi connectivity index (χ2n) is 5.80. The minimum absolute atomic E-state index is 0.142. The smallest absolute Gasteiger partial charge is 0.356 e. The van der Waals surface area contributed by atoms with Crippen molar-refractivity contribution in [2.75, 3.05) is 13.2 Å². The number of pyridine rings is 1. The first kappa shape index (κ1) is 20.1. The van der Waals surface area contributed by atoms with Gasteiger partial charge in [0.05, 0.1) is 13.2 Å². The molecule has 1 aromatic rings. The number of hydrogen-bond acceptors (Lipinski definition) is 5. The first-order valence-electron chi connectivity index (χ1n) is 9.00. The second-order valence-corrected chi connectivity index (χ2v) is 5.80. The molecule has 0 N–H and O–H groups in total. The Hall–Kier alpha value is -1.91. The molecule has 0 bridgehead atoms. The summed E-state index contributed by atoms with van der Waals surface area (Å²) < 4.78 is 10.3. The zero-order valence-corrected chi connectivity index (χ0v) is 14.9. The van der Waals surface area contributed by atoms with Crippen LogP contribution in [0.25, 0.3) is 0 Å². The summed E-state index contributed by atoms with van der Waals surface area (Å²) in [5.41, 5.74) is 0.287. The Morgan fingerprint density at radius 1 is 0.792 bits per heavy atom. The maximum Gasteiger partial charge on any atom is 0.356 e. The zero-order chi connectivity index (χ0) is 17.6. The lowest BCUT2D eigenvalue weighted by Crippen LogP contribution is -2.13. The highest BCUT2D eigenvalue weighted by Gasteiger charge is 2.14. The summed E-state index contributed by atoms with van der Waals surface area (Å²) in [5.74, 6) is -0.994. The van der Waals surface area contributed by atoms with E-state index in [9.17, 15) is 9.59 Å². The number of hydrogen-bond donors (Lipinski definition) is 0. The van der Waals surface area contributed by atoms with Gasteiger partial charge in [0.25, 0.3) is 0 Å². The molecule has 0 unspecified atom stereocenters. The monoisotopic (exact) mass is 335 g/mol. The molecule has 1 aromatic heterocycles. The van der Waals surface area contributed by atoms with Gasteiger partial charge in [-0.25, -0.2) is 14.6 Å². The summed E-state index contributed by atoms with van der Waals surface area (Å²) in [6.07, 6.45) is 8.38. The predicted molar refractivity (Wildman–Crippen MR) is 93.1 cm³/mol. The fraction of sp³-hybridized carbons (Fsp3) is 0.632. The van der Waals surface area contributed by atoms with Gasteiger partial charge in [-0.2, -0.15) is 0 Å². The van der Waals surface area contributed by atoms with Crippen molar-refractivity contribution in [3.63, 3.8) is 0 Å². The molecule has 0 aromatic carbocycles.